The fourth-order valence-electron chi connectivity index (χ4n) is 7.00. The van der Waals surface area contributed by atoms with Crippen LogP contribution in [0.5, 0.6) is 0 Å². The van der Waals surface area contributed by atoms with Gasteiger partial charge in [0.25, 0.3) is 0 Å². The van der Waals surface area contributed by atoms with Crippen LogP contribution in [0.4, 0.5) is 0 Å². The van der Waals surface area contributed by atoms with Gasteiger partial charge in [0.05, 0.1) is 11.0 Å². The second-order valence-corrected chi connectivity index (χ2v) is 13.1. The molecule has 0 N–H and O–H groups in total. The predicted molar refractivity (Wildman–Crippen MR) is 201 cm³/mol. The van der Waals surface area contributed by atoms with Gasteiger partial charge in [0, 0.05) is 42.1 Å². The topological polar surface area (TPSA) is 43.6 Å². The number of hydrogen-bond donors (Lipinski definition) is 0. The molecule has 0 saturated carbocycles. The number of benzene rings is 7. The van der Waals surface area contributed by atoms with Crippen molar-refractivity contribution in [1.82, 2.24) is 19.5 Å². The average molecular weight is 631 g/mol. The Hall–Kier alpha value is -6.17. The Morgan fingerprint density at radius 2 is 0.958 bits per heavy atom. The second-order valence-electron chi connectivity index (χ2n) is 12.1. The highest BCUT2D eigenvalue weighted by atomic mass is 32.1. The lowest BCUT2D eigenvalue weighted by atomic mass is 9.97. The molecule has 0 atom stereocenters. The minimum absolute atomic E-state index is 0.599. The highest BCUT2D eigenvalue weighted by molar-refractivity contribution is 7.25. The SMILES string of the molecule is c1ccc2c(-c3ccc(-c4nc(-c5ccc6c(c5)sc5ccccc56)nc(-n5c6ccccc6c6ccccc65)n4)cc3)cccc2c1. The fourth-order valence-corrected chi connectivity index (χ4v) is 8.15. The van der Waals surface area contributed by atoms with Crippen molar-refractivity contribution in [2.75, 3.05) is 0 Å². The van der Waals surface area contributed by atoms with Crippen LogP contribution in [0, 0.1) is 0 Å². The second kappa shape index (κ2) is 10.7. The Morgan fingerprint density at radius 3 is 1.73 bits per heavy atom. The molecule has 3 aromatic heterocycles. The molecule has 0 aliphatic carbocycles. The van der Waals surface area contributed by atoms with E-state index in [0.717, 1.165) is 27.7 Å². The summed E-state index contributed by atoms with van der Waals surface area (Å²) in [6.45, 7) is 0. The highest BCUT2D eigenvalue weighted by Gasteiger charge is 2.18. The predicted octanol–water partition coefficient (Wildman–Crippen LogP) is 11.5. The Bertz CT molecular complexity index is 2790. The Morgan fingerprint density at radius 1 is 0.396 bits per heavy atom. The van der Waals surface area contributed by atoms with Crippen LogP contribution in [-0.4, -0.2) is 19.5 Å². The molecule has 0 spiro atoms. The lowest BCUT2D eigenvalue weighted by molar-refractivity contribution is 0.954. The molecule has 5 heteroatoms. The van der Waals surface area contributed by atoms with Gasteiger partial charge in [-0.05, 0) is 46.2 Å². The summed E-state index contributed by atoms with van der Waals surface area (Å²) < 4.78 is 4.66. The van der Waals surface area contributed by atoms with E-state index in [2.05, 4.69) is 162 Å². The number of nitrogens with zero attached hydrogens (tertiary/aromatic N) is 4. The van der Waals surface area contributed by atoms with Gasteiger partial charge in [0.15, 0.2) is 11.6 Å². The quantitative estimate of drug-likeness (QED) is 0.194. The number of hydrogen-bond acceptors (Lipinski definition) is 4. The summed E-state index contributed by atoms with van der Waals surface area (Å²) in [5.74, 6) is 1.88. The summed E-state index contributed by atoms with van der Waals surface area (Å²) >= 11 is 1.80. The molecule has 0 unspecified atom stereocenters. The van der Waals surface area contributed by atoms with E-state index in [1.165, 1.54) is 47.3 Å². The number of fused-ring (bicyclic) bond motifs is 7. The molecular formula is C43H26N4S. The van der Waals surface area contributed by atoms with E-state index >= 15 is 0 Å². The Balaban J connectivity index is 1.18. The van der Waals surface area contributed by atoms with E-state index in [9.17, 15) is 0 Å². The lowest BCUT2D eigenvalue weighted by Crippen LogP contribution is -2.06. The first kappa shape index (κ1) is 27.0. The van der Waals surface area contributed by atoms with E-state index in [1.807, 2.05) is 0 Å². The van der Waals surface area contributed by atoms with Crippen LogP contribution in [-0.2, 0) is 0 Å². The van der Waals surface area contributed by atoms with Gasteiger partial charge < -0.3 is 0 Å². The van der Waals surface area contributed by atoms with Gasteiger partial charge in [-0.15, -0.1) is 11.3 Å². The molecule has 0 bridgehead atoms. The van der Waals surface area contributed by atoms with E-state index in [1.54, 1.807) is 11.3 Å². The van der Waals surface area contributed by atoms with Crippen LogP contribution >= 0.6 is 11.3 Å². The van der Waals surface area contributed by atoms with Crippen LogP contribution in [0.3, 0.4) is 0 Å². The van der Waals surface area contributed by atoms with Gasteiger partial charge in [-0.2, -0.15) is 9.97 Å². The zero-order valence-corrected chi connectivity index (χ0v) is 26.5. The summed E-state index contributed by atoms with van der Waals surface area (Å²) in [4.78, 5) is 15.5. The smallest absolute Gasteiger partial charge is 0.238 e. The normalized spacial score (nSPS) is 11.8. The van der Waals surface area contributed by atoms with Crippen molar-refractivity contribution in [3.63, 3.8) is 0 Å². The van der Waals surface area contributed by atoms with E-state index in [0.29, 0.717) is 17.6 Å². The summed E-state index contributed by atoms with van der Waals surface area (Å²) in [7, 11) is 0. The Labute approximate surface area is 280 Å². The maximum absolute atomic E-state index is 5.18. The zero-order valence-electron chi connectivity index (χ0n) is 25.7. The third-order valence-electron chi connectivity index (χ3n) is 9.28. The molecule has 224 valence electrons. The largest absolute Gasteiger partial charge is 0.278 e. The third-order valence-corrected chi connectivity index (χ3v) is 10.4. The van der Waals surface area contributed by atoms with Crippen LogP contribution in [0.2, 0.25) is 0 Å². The van der Waals surface area contributed by atoms with E-state index in [-0.39, 0.29) is 0 Å². The molecule has 0 aliphatic heterocycles. The minimum atomic E-state index is 0.599. The van der Waals surface area contributed by atoms with E-state index in [4.69, 9.17) is 15.0 Å². The molecule has 3 heterocycles. The molecule has 4 nitrogen and oxygen atoms in total. The van der Waals surface area contributed by atoms with Crippen molar-refractivity contribution >= 4 is 64.1 Å². The molecule has 10 aromatic rings. The number of para-hydroxylation sites is 2. The van der Waals surface area contributed by atoms with Gasteiger partial charge in [-0.1, -0.05) is 133 Å². The monoisotopic (exact) mass is 630 g/mol. The standard InChI is InChI=1S/C43H26N4S/c1-2-12-31-27(10-1)11-9-16-32(31)28-20-22-29(23-21-28)41-44-42(30-24-25-36-35-15-5-8-19-39(35)48-40(36)26-30)46-43(45-41)47-37-17-6-3-13-33(37)34-14-4-7-18-38(34)47/h1-26H. The van der Waals surface area contributed by atoms with Crippen LogP contribution < -0.4 is 0 Å². The summed E-state index contributed by atoms with van der Waals surface area (Å²) in [6, 6.07) is 55.6. The van der Waals surface area contributed by atoms with Crippen molar-refractivity contribution in [2.45, 2.75) is 0 Å². The molecule has 0 saturated heterocycles. The van der Waals surface area contributed by atoms with Crippen molar-refractivity contribution < 1.29 is 0 Å². The van der Waals surface area contributed by atoms with Crippen molar-refractivity contribution in [3.05, 3.63) is 158 Å². The average Bonchev–Trinajstić information content (AvgIpc) is 3.70. The summed E-state index contributed by atoms with van der Waals surface area (Å²) in [5.41, 5.74) is 6.39. The number of aromatic nitrogens is 4. The van der Waals surface area contributed by atoms with Gasteiger partial charge in [-0.25, -0.2) is 4.98 Å². The van der Waals surface area contributed by atoms with Gasteiger partial charge in [0.2, 0.25) is 5.95 Å². The molecule has 0 amide bonds. The molecule has 0 radical (unpaired) electrons. The Kier molecular flexibility index (Phi) is 6.01. The maximum Gasteiger partial charge on any atom is 0.238 e. The molecule has 0 aliphatic rings. The van der Waals surface area contributed by atoms with Crippen molar-refractivity contribution in [3.8, 4) is 39.9 Å². The maximum atomic E-state index is 5.18. The molecule has 0 fully saturated rings. The lowest BCUT2D eigenvalue weighted by Gasteiger charge is -2.12. The van der Waals surface area contributed by atoms with Gasteiger partial charge in [-0.3, -0.25) is 4.57 Å². The molecule has 48 heavy (non-hydrogen) atoms. The summed E-state index contributed by atoms with van der Waals surface area (Å²) in [5, 5.41) is 7.33. The first-order chi connectivity index (χ1) is 23.8. The van der Waals surface area contributed by atoms with Crippen LogP contribution in [0.15, 0.2) is 158 Å². The minimum Gasteiger partial charge on any atom is -0.278 e. The first-order valence-electron chi connectivity index (χ1n) is 16.0. The number of thiophene rings is 1. The fraction of sp³-hybridized carbons (Fsp3) is 0. The van der Waals surface area contributed by atoms with Crippen molar-refractivity contribution in [2.24, 2.45) is 0 Å². The summed E-state index contributed by atoms with van der Waals surface area (Å²) in [6.07, 6.45) is 0. The molecule has 7 aromatic carbocycles. The van der Waals surface area contributed by atoms with Crippen LogP contribution in [0.25, 0.3) is 92.6 Å². The van der Waals surface area contributed by atoms with E-state index < -0.39 is 0 Å². The van der Waals surface area contributed by atoms with Gasteiger partial charge in [0.1, 0.15) is 0 Å². The zero-order chi connectivity index (χ0) is 31.6. The molecular weight excluding hydrogens is 605 g/mol. The third kappa shape index (κ3) is 4.25. The van der Waals surface area contributed by atoms with Gasteiger partial charge >= 0.3 is 0 Å². The first-order valence-corrected chi connectivity index (χ1v) is 16.9. The number of rotatable bonds is 4. The van der Waals surface area contributed by atoms with Crippen molar-refractivity contribution in [1.29, 1.82) is 0 Å². The molecule has 10 rings (SSSR count). The highest BCUT2D eigenvalue weighted by Crippen LogP contribution is 2.37. The van der Waals surface area contributed by atoms with Crippen LogP contribution in [0.1, 0.15) is 0 Å².